The van der Waals surface area contributed by atoms with Gasteiger partial charge in [0.25, 0.3) is 0 Å². The Bertz CT molecular complexity index is 536. The third-order valence-electron chi connectivity index (χ3n) is 3.31. The minimum absolute atomic E-state index is 0.413. The molecule has 0 spiro atoms. The number of benzene rings is 1. The molecule has 0 aliphatic heterocycles. The molecule has 1 saturated carbocycles. The summed E-state index contributed by atoms with van der Waals surface area (Å²) in [6, 6.07) is 6.36. The number of sulfonamides is 1. The van der Waals surface area contributed by atoms with Crippen molar-refractivity contribution in [1.82, 2.24) is 10.0 Å². The van der Waals surface area contributed by atoms with Crippen LogP contribution in [0.1, 0.15) is 37.8 Å². The first kappa shape index (κ1) is 14.5. The summed E-state index contributed by atoms with van der Waals surface area (Å²) in [4.78, 5) is 0.423. The van der Waals surface area contributed by atoms with Crippen LogP contribution in [-0.2, 0) is 23.0 Å². The van der Waals surface area contributed by atoms with Crippen LogP contribution < -0.4 is 10.0 Å². The molecule has 2 N–H and O–H groups in total. The molecule has 0 amide bonds. The fourth-order valence-electron chi connectivity index (χ4n) is 2.07. The van der Waals surface area contributed by atoms with Crippen molar-refractivity contribution in [2.45, 2.75) is 50.6 Å². The average Bonchev–Trinajstić information content (AvgIpc) is 3.20. The lowest BCUT2D eigenvalue weighted by molar-refractivity contribution is 0.582. The van der Waals surface area contributed by atoms with E-state index in [0.29, 0.717) is 17.5 Å². The zero-order chi connectivity index (χ0) is 13.9. The topological polar surface area (TPSA) is 58.2 Å². The maximum Gasteiger partial charge on any atom is 0.240 e. The molecule has 1 fully saturated rings. The zero-order valence-corrected chi connectivity index (χ0v) is 12.4. The van der Waals surface area contributed by atoms with E-state index in [1.165, 1.54) is 12.8 Å². The van der Waals surface area contributed by atoms with Crippen LogP contribution in [0, 0.1) is 0 Å². The van der Waals surface area contributed by atoms with E-state index in [2.05, 4.69) is 10.0 Å². The highest BCUT2D eigenvalue weighted by Gasteiger charge is 2.21. The van der Waals surface area contributed by atoms with Crippen molar-refractivity contribution in [3.8, 4) is 0 Å². The summed E-state index contributed by atoms with van der Waals surface area (Å²) >= 11 is 0. The van der Waals surface area contributed by atoms with Crippen molar-refractivity contribution in [2.75, 3.05) is 6.54 Å². The first-order valence-electron chi connectivity index (χ1n) is 6.91. The van der Waals surface area contributed by atoms with E-state index in [1.54, 1.807) is 13.0 Å². The molecule has 0 aromatic heterocycles. The van der Waals surface area contributed by atoms with E-state index in [1.807, 2.05) is 19.1 Å². The molecule has 1 aromatic rings. The van der Waals surface area contributed by atoms with Gasteiger partial charge in [-0.1, -0.05) is 26.0 Å². The molecule has 0 bridgehead atoms. The predicted molar refractivity (Wildman–Crippen MR) is 76.5 cm³/mol. The van der Waals surface area contributed by atoms with Crippen molar-refractivity contribution in [2.24, 2.45) is 0 Å². The quantitative estimate of drug-likeness (QED) is 0.802. The minimum atomic E-state index is -3.38. The molecular formula is C14H22N2O2S. The molecule has 2 rings (SSSR count). The number of hydrogen-bond donors (Lipinski definition) is 2. The summed E-state index contributed by atoms with van der Waals surface area (Å²) in [7, 11) is -3.38. The number of rotatable bonds is 7. The molecule has 4 nitrogen and oxygen atoms in total. The van der Waals surface area contributed by atoms with Crippen LogP contribution in [0.4, 0.5) is 0 Å². The van der Waals surface area contributed by atoms with E-state index < -0.39 is 10.0 Å². The Kier molecular flexibility index (Phi) is 4.60. The van der Waals surface area contributed by atoms with Gasteiger partial charge in [-0.05, 0) is 36.5 Å². The molecule has 19 heavy (non-hydrogen) atoms. The Morgan fingerprint density at radius 1 is 1.26 bits per heavy atom. The van der Waals surface area contributed by atoms with Crippen molar-refractivity contribution >= 4 is 10.0 Å². The average molecular weight is 282 g/mol. The van der Waals surface area contributed by atoms with Crippen LogP contribution in [-0.4, -0.2) is 21.0 Å². The molecule has 0 unspecified atom stereocenters. The maximum absolute atomic E-state index is 12.2. The van der Waals surface area contributed by atoms with Crippen LogP contribution in [0.3, 0.4) is 0 Å². The second-order valence-electron chi connectivity index (χ2n) is 4.95. The summed E-state index contributed by atoms with van der Waals surface area (Å²) in [5.41, 5.74) is 1.90. The molecule has 0 atom stereocenters. The van der Waals surface area contributed by atoms with Gasteiger partial charge >= 0.3 is 0 Å². The van der Waals surface area contributed by atoms with E-state index in [4.69, 9.17) is 0 Å². The highest BCUT2D eigenvalue weighted by atomic mass is 32.2. The fourth-order valence-corrected chi connectivity index (χ4v) is 3.47. The normalized spacial score (nSPS) is 15.7. The SMILES string of the molecule is CCNS(=O)(=O)c1cc(CNC2CC2)ccc1CC. The van der Waals surface area contributed by atoms with Crippen LogP contribution in [0.2, 0.25) is 0 Å². The minimum Gasteiger partial charge on any atom is -0.310 e. The number of nitrogens with one attached hydrogen (secondary N) is 2. The second kappa shape index (κ2) is 6.03. The fraction of sp³-hybridized carbons (Fsp3) is 0.571. The number of aryl methyl sites for hydroxylation is 1. The summed E-state index contributed by atoms with van der Waals surface area (Å²) in [6.45, 7) is 4.92. The third-order valence-corrected chi connectivity index (χ3v) is 4.94. The van der Waals surface area contributed by atoms with Crippen LogP contribution >= 0.6 is 0 Å². The van der Waals surface area contributed by atoms with Crippen molar-refractivity contribution in [3.63, 3.8) is 0 Å². The van der Waals surface area contributed by atoms with Gasteiger partial charge in [0.2, 0.25) is 10.0 Å². The Hall–Kier alpha value is -0.910. The van der Waals surface area contributed by atoms with Gasteiger partial charge in [-0.3, -0.25) is 0 Å². The second-order valence-corrected chi connectivity index (χ2v) is 6.69. The summed E-state index contributed by atoms with van der Waals surface area (Å²) in [5.74, 6) is 0. The van der Waals surface area contributed by atoms with Crippen molar-refractivity contribution in [1.29, 1.82) is 0 Å². The van der Waals surface area contributed by atoms with E-state index in [-0.39, 0.29) is 0 Å². The first-order chi connectivity index (χ1) is 9.06. The van der Waals surface area contributed by atoms with Crippen LogP contribution in [0.15, 0.2) is 23.1 Å². The molecule has 1 aromatic carbocycles. The van der Waals surface area contributed by atoms with Gasteiger partial charge in [-0.25, -0.2) is 13.1 Å². The lowest BCUT2D eigenvalue weighted by Crippen LogP contribution is -2.24. The molecule has 0 heterocycles. The first-order valence-corrected chi connectivity index (χ1v) is 8.40. The highest BCUT2D eigenvalue weighted by molar-refractivity contribution is 7.89. The van der Waals surface area contributed by atoms with E-state index >= 15 is 0 Å². The smallest absolute Gasteiger partial charge is 0.240 e. The Morgan fingerprint density at radius 3 is 2.58 bits per heavy atom. The molecule has 5 heteroatoms. The maximum atomic E-state index is 12.2. The summed E-state index contributed by atoms with van der Waals surface area (Å²) in [6.07, 6.45) is 3.18. The standard InChI is InChI=1S/C14H22N2O2S/c1-3-12-6-5-11(10-15-13-7-8-13)9-14(12)19(17,18)16-4-2/h5-6,9,13,15-16H,3-4,7-8,10H2,1-2H3. The van der Waals surface area contributed by atoms with Crippen LogP contribution in [0.5, 0.6) is 0 Å². The lowest BCUT2D eigenvalue weighted by Gasteiger charge is -2.12. The van der Waals surface area contributed by atoms with Gasteiger partial charge in [-0.2, -0.15) is 0 Å². The molecule has 106 valence electrons. The molecular weight excluding hydrogens is 260 g/mol. The Balaban J connectivity index is 2.24. The van der Waals surface area contributed by atoms with Gasteiger partial charge in [-0.15, -0.1) is 0 Å². The Morgan fingerprint density at radius 2 is 2.00 bits per heavy atom. The molecule has 0 radical (unpaired) electrons. The lowest BCUT2D eigenvalue weighted by atomic mass is 10.1. The molecule has 1 aliphatic carbocycles. The third kappa shape index (κ3) is 3.78. The largest absolute Gasteiger partial charge is 0.310 e. The van der Waals surface area contributed by atoms with E-state index in [0.717, 1.165) is 24.1 Å². The number of hydrogen-bond acceptors (Lipinski definition) is 3. The van der Waals surface area contributed by atoms with E-state index in [9.17, 15) is 8.42 Å². The van der Waals surface area contributed by atoms with Crippen molar-refractivity contribution in [3.05, 3.63) is 29.3 Å². The van der Waals surface area contributed by atoms with Gasteiger partial charge in [0, 0.05) is 19.1 Å². The predicted octanol–water partition coefficient (Wildman–Crippen LogP) is 1.80. The summed E-state index contributed by atoms with van der Waals surface area (Å²) in [5, 5.41) is 3.41. The van der Waals surface area contributed by atoms with Crippen LogP contribution in [0.25, 0.3) is 0 Å². The molecule has 1 aliphatic rings. The van der Waals surface area contributed by atoms with Gasteiger partial charge in [0.05, 0.1) is 4.90 Å². The zero-order valence-electron chi connectivity index (χ0n) is 11.6. The van der Waals surface area contributed by atoms with Gasteiger partial charge < -0.3 is 5.32 Å². The summed E-state index contributed by atoms with van der Waals surface area (Å²) < 4.78 is 26.9. The Labute approximate surface area is 115 Å². The highest BCUT2D eigenvalue weighted by Crippen LogP contribution is 2.21. The molecule has 0 saturated heterocycles. The van der Waals surface area contributed by atoms with Gasteiger partial charge in [0.15, 0.2) is 0 Å². The van der Waals surface area contributed by atoms with Gasteiger partial charge in [0.1, 0.15) is 0 Å². The van der Waals surface area contributed by atoms with Crippen molar-refractivity contribution < 1.29 is 8.42 Å². The monoisotopic (exact) mass is 282 g/mol.